The molecule has 0 spiro atoms. The zero-order chi connectivity index (χ0) is 13.1. The molecule has 0 atom stereocenters. The van der Waals surface area contributed by atoms with E-state index in [1.165, 1.54) is 0 Å². The molecule has 5 nitrogen and oxygen atoms in total. The minimum Gasteiger partial charge on any atom is -0.492 e. The van der Waals surface area contributed by atoms with Crippen molar-refractivity contribution in [1.29, 1.82) is 0 Å². The number of hydrogen-bond acceptors (Lipinski definition) is 4. The highest BCUT2D eigenvalue weighted by molar-refractivity contribution is 8.13. The average Bonchev–Trinajstić information content (AvgIpc) is 2.18. The summed E-state index contributed by atoms with van der Waals surface area (Å²) in [7, 11) is 0.940. The van der Waals surface area contributed by atoms with Crippen molar-refractivity contribution in [2.45, 2.75) is 11.3 Å². The molecule has 0 saturated heterocycles. The number of ether oxygens (including phenoxy) is 1. The quantitative estimate of drug-likeness (QED) is 0.830. The SMILES string of the molecule is O=C(O)CCOc1ccc(F)cc1S(=O)(=O)Cl. The Labute approximate surface area is 101 Å². The van der Waals surface area contributed by atoms with Crippen molar-refractivity contribution >= 4 is 25.7 Å². The predicted molar refractivity (Wildman–Crippen MR) is 57.2 cm³/mol. The molecule has 0 fully saturated rings. The Balaban J connectivity index is 2.95. The van der Waals surface area contributed by atoms with Crippen LogP contribution >= 0.6 is 10.7 Å². The number of halogens is 2. The summed E-state index contributed by atoms with van der Waals surface area (Å²) in [6.45, 7) is -0.236. The highest BCUT2D eigenvalue weighted by atomic mass is 35.7. The molecule has 1 aromatic rings. The largest absolute Gasteiger partial charge is 0.492 e. The third kappa shape index (κ3) is 4.20. The third-order valence-electron chi connectivity index (χ3n) is 1.74. The second-order valence-corrected chi connectivity index (χ2v) is 5.56. The fourth-order valence-corrected chi connectivity index (χ4v) is 2.02. The van der Waals surface area contributed by atoms with Crippen LogP contribution in [0.15, 0.2) is 23.1 Å². The van der Waals surface area contributed by atoms with Crippen LogP contribution in [-0.4, -0.2) is 26.1 Å². The van der Waals surface area contributed by atoms with Crippen LogP contribution in [-0.2, 0) is 13.8 Å². The predicted octanol–water partition coefficient (Wildman–Crippen LogP) is 1.61. The first kappa shape index (κ1) is 13.7. The van der Waals surface area contributed by atoms with Crippen molar-refractivity contribution in [2.24, 2.45) is 0 Å². The van der Waals surface area contributed by atoms with Crippen LogP contribution < -0.4 is 4.74 Å². The molecule has 0 aliphatic heterocycles. The highest BCUT2D eigenvalue weighted by Gasteiger charge is 2.18. The molecular weight excluding hydrogens is 275 g/mol. The van der Waals surface area contributed by atoms with Crippen molar-refractivity contribution in [3.8, 4) is 5.75 Å². The zero-order valence-corrected chi connectivity index (χ0v) is 9.96. The Morgan fingerprint density at radius 1 is 1.47 bits per heavy atom. The molecule has 17 heavy (non-hydrogen) atoms. The second kappa shape index (κ2) is 5.33. The van der Waals surface area contributed by atoms with Gasteiger partial charge in [0.05, 0.1) is 13.0 Å². The average molecular weight is 283 g/mol. The smallest absolute Gasteiger partial charge is 0.306 e. The zero-order valence-electron chi connectivity index (χ0n) is 8.39. The molecule has 0 amide bonds. The van der Waals surface area contributed by atoms with E-state index >= 15 is 0 Å². The fraction of sp³-hybridized carbons (Fsp3) is 0.222. The molecule has 8 heteroatoms. The molecule has 1 rings (SSSR count). The van der Waals surface area contributed by atoms with Gasteiger partial charge in [-0.2, -0.15) is 0 Å². The highest BCUT2D eigenvalue weighted by Crippen LogP contribution is 2.27. The summed E-state index contributed by atoms with van der Waals surface area (Å²) < 4.78 is 40.0. The standard InChI is InChI=1S/C9H8ClFO5S/c10-17(14,15)8-5-6(11)1-2-7(8)16-4-3-9(12)13/h1-2,5H,3-4H2,(H,12,13). The second-order valence-electron chi connectivity index (χ2n) is 3.02. The monoisotopic (exact) mass is 282 g/mol. The molecule has 0 unspecified atom stereocenters. The number of benzene rings is 1. The van der Waals surface area contributed by atoms with Gasteiger partial charge in [0.2, 0.25) is 0 Å². The molecule has 0 bridgehead atoms. The number of carboxylic acid groups (broad SMARTS) is 1. The molecule has 1 aromatic carbocycles. The van der Waals surface area contributed by atoms with Crippen LogP contribution in [0.3, 0.4) is 0 Å². The van der Waals surface area contributed by atoms with Gasteiger partial charge in [-0.25, -0.2) is 12.8 Å². The van der Waals surface area contributed by atoms with Gasteiger partial charge in [-0.15, -0.1) is 0 Å². The summed E-state index contributed by atoms with van der Waals surface area (Å²) in [6, 6.07) is 2.77. The number of rotatable bonds is 5. The first-order valence-corrected chi connectivity index (χ1v) is 6.70. The maximum atomic E-state index is 12.9. The summed E-state index contributed by atoms with van der Waals surface area (Å²) in [6.07, 6.45) is -0.306. The maximum Gasteiger partial charge on any atom is 0.306 e. The molecule has 0 aliphatic carbocycles. The first-order valence-electron chi connectivity index (χ1n) is 4.39. The molecule has 0 aromatic heterocycles. The van der Waals surface area contributed by atoms with Gasteiger partial charge in [0, 0.05) is 10.7 Å². The van der Waals surface area contributed by atoms with Crippen molar-refractivity contribution < 1.29 is 27.4 Å². The van der Waals surface area contributed by atoms with Crippen LogP contribution in [0.5, 0.6) is 5.75 Å². The van der Waals surface area contributed by atoms with Crippen molar-refractivity contribution in [3.63, 3.8) is 0 Å². The van der Waals surface area contributed by atoms with Crippen LogP contribution in [0.25, 0.3) is 0 Å². The maximum absolute atomic E-state index is 12.9. The van der Waals surface area contributed by atoms with Gasteiger partial charge >= 0.3 is 5.97 Å². The minimum absolute atomic E-state index is 0.178. The Kier molecular flexibility index (Phi) is 4.30. The van der Waals surface area contributed by atoms with Gasteiger partial charge in [0.1, 0.15) is 16.5 Å². The van der Waals surface area contributed by atoms with Gasteiger partial charge in [0.25, 0.3) is 9.05 Å². The Morgan fingerprint density at radius 3 is 2.65 bits per heavy atom. The molecular formula is C9H8ClFO5S. The van der Waals surface area contributed by atoms with Crippen molar-refractivity contribution in [2.75, 3.05) is 6.61 Å². The Morgan fingerprint density at radius 2 is 2.12 bits per heavy atom. The number of aliphatic carboxylic acids is 1. The van der Waals surface area contributed by atoms with Crippen LogP contribution in [0, 0.1) is 5.82 Å². The summed E-state index contributed by atoms with van der Waals surface area (Å²) in [4.78, 5) is 9.72. The van der Waals surface area contributed by atoms with Crippen LogP contribution in [0.2, 0.25) is 0 Å². The molecule has 0 aliphatic rings. The van der Waals surface area contributed by atoms with Gasteiger partial charge in [-0.1, -0.05) is 0 Å². The fourth-order valence-electron chi connectivity index (χ4n) is 1.04. The normalized spacial score (nSPS) is 11.2. The van der Waals surface area contributed by atoms with Gasteiger partial charge in [-0.05, 0) is 18.2 Å². The van der Waals surface area contributed by atoms with E-state index in [1.54, 1.807) is 0 Å². The van der Waals surface area contributed by atoms with Gasteiger partial charge < -0.3 is 9.84 Å². The van der Waals surface area contributed by atoms with E-state index < -0.39 is 25.7 Å². The summed E-state index contributed by atoms with van der Waals surface area (Å²) in [5.41, 5.74) is 0. The Hall–Kier alpha value is -1.34. The summed E-state index contributed by atoms with van der Waals surface area (Å²) in [5.74, 6) is -2.06. The molecule has 0 saturated carbocycles. The van der Waals surface area contributed by atoms with Crippen LogP contribution in [0.1, 0.15) is 6.42 Å². The van der Waals surface area contributed by atoms with Gasteiger partial charge in [0.15, 0.2) is 0 Å². The lowest BCUT2D eigenvalue weighted by molar-refractivity contribution is -0.137. The molecule has 0 radical (unpaired) electrons. The van der Waals surface area contributed by atoms with E-state index in [0.717, 1.165) is 12.1 Å². The Bertz CT molecular complexity index is 528. The third-order valence-corrected chi connectivity index (χ3v) is 3.09. The van der Waals surface area contributed by atoms with E-state index in [1.807, 2.05) is 0 Å². The summed E-state index contributed by atoms with van der Waals surface area (Å²) in [5, 5.41) is 8.38. The van der Waals surface area contributed by atoms with Crippen LogP contribution in [0.4, 0.5) is 4.39 Å². The van der Waals surface area contributed by atoms with Crippen molar-refractivity contribution in [1.82, 2.24) is 0 Å². The first-order chi connectivity index (χ1) is 7.80. The van der Waals surface area contributed by atoms with E-state index in [2.05, 4.69) is 0 Å². The topological polar surface area (TPSA) is 80.7 Å². The number of carboxylic acids is 1. The minimum atomic E-state index is -4.15. The number of hydrogen-bond donors (Lipinski definition) is 1. The summed E-state index contributed by atoms with van der Waals surface area (Å²) >= 11 is 0. The van der Waals surface area contributed by atoms with Gasteiger partial charge in [-0.3, -0.25) is 4.79 Å². The number of carbonyl (C=O) groups is 1. The lowest BCUT2D eigenvalue weighted by atomic mass is 10.3. The van der Waals surface area contributed by atoms with Crippen molar-refractivity contribution in [3.05, 3.63) is 24.0 Å². The lowest BCUT2D eigenvalue weighted by Crippen LogP contribution is -2.07. The van der Waals surface area contributed by atoms with E-state index in [9.17, 15) is 17.6 Å². The van der Waals surface area contributed by atoms with E-state index in [4.69, 9.17) is 20.5 Å². The molecule has 1 N–H and O–H groups in total. The molecule has 94 valence electrons. The molecule has 0 heterocycles. The lowest BCUT2D eigenvalue weighted by Gasteiger charge is -2.08. The van der Waals surface area contributed by atoms with E-state index in [0.29, 0.717) is 6.07 Å². The van der Waals surface area contributed by atoms with E-state index in [-0.39, 0.29) is 18.8 Å².